The van der Waals surface area contributed by atoms with Crippen LogP contribution in [-0.4, -0.2) is 53.9 Å². The number of alkyl halides is 3. The molecule has 1 N–H and O–H groups in total. The number of aliphatic carboxylic acids is 1. The number of halogens is 3. The molecule has 0 aliphatic rings. The van der Waals surface area contributed by atoms with Crippen LogP contribution in [0.1, 0.15) is 13.8 Å². The molecule has 0 heterocycles. The Hall–Kier alpha value is -1.31. The van der Waals surface area contributed by atoms with Gasteiger partial charge in [-0.25, -0.2) is 0 Å². The lowest BCUT2D eigenvalue weighted by atomic mass is 10.3. The van der Waals surface area contributed by atoms with E-state index in [9.17, 15) is 22.8 Å². The molecule has 0 unspecified atom stereocenters. The monoisotopic (exact) mass is 257 g/mol. The van der Waals surface area contributed by atoms with Gasteiger partial charge in [-0.2, -0.15) is 13.2 Å². The van der Waals surface area contributed by atoms with E-state index < -0.39 is 43.9 Å². The van der Waals surface area contributed by atoms with Crippen LogP contribution in [0.5, 0.6) is 0 Å². The van der Waals surface area contributed by atoms with Gasteiger partial charge in [0.2, 0.25) is 5.91 Å². The number of carbonyl (C=O) groups excluding carboxylic acids is 1. The Morgan fingerprint density at radius 2 is 1.88 bits per heavy atom. The van der Waals surface area contributed by atoms with Crippen LogP contribution in [0.4, 0.5) is 13.2 Å². The average Bonchev–Trinajstić information content (AvgIpc) is 2.11. The van der Waals surface area contributed by atoms with Gasteiger partial charge in [-0.05, 0) is 13.8 Å². The third-order valence-corrected chi connectivity index (χ3v) is 1.74. The fourth-order valence-corrected chi connectivity index (χ4v) is 1.04. The minimum atomic E-state index is -4.50. The first kappa shape index (κ1) is 15.7. The number of rotatable bonds is 6. The fraction of sp³-hybridized carbons (Fsp3) is 0.778. The largest absolute Gasteiger partial charge is 0.480 e. The highest BCUT2D eigenvalue weighted by Crippen LogP contribution is 2.14. The van der Waals surface area contributed by atoms with Crippen molar-refractivity contribution in [1.29, 1.82) is 0 Å². The predicted octanol–water partition coefficient (Wildman–Crippen LogP) is 0.887. The van der Waals surface area contributed by atoms with E-state index in [-0.39, 0.29) is 0 Å². The molecule has 0 aliphatic carbocycles. The molecule has 17 heavy (non-hydrogen) atoms. The Labute approximate surface area is 96.1 Å². The van der Waals surface area contributed by atoms with Crippen LogP contribution in [0.3, 0.4) is 0 Å². The molecule has 0 spiro atoms. The second kappa shape index (κ2) is 6.43. The smallest absolute Gasteiger partial charge is 0.411 e. The van der Waals surface area contributed by atoms with Crippen molar-refractivity contribution in [3.8, 4) is 0 Å². The summed E-state index contributed by atoms with van der Waals surface area (Å²) in [6.45, 7) is 0.240. The summed E-state index contributed by atoms with van der Waals surface area (Å²) in [5.74, 6) is -2.02. The highest BCUT2D eigenvalue weighted by molar-refractivity contribution is 5.82. The van der Waals surface area contributed by atoms with E-state index >= 15 is 0 Å². The van der Waals surface area contributed by atoms with Crippen LogP contribution in [0.25, 0.3) is 0 Å². The minimum Gasteiger partial charge on any atom is -0.480 e. The number of hydrogen-bond donors (Lipinski definition) is 1. The van der Waals surface area contributed by atoms with E-state index in [0.717, 1.165) is 4.90 Å². The van der Waals surface area contributed by atoms with Gasteiger partial charge in [0.05, 0.1) is 0 Å². The molecule has 8 heteroatoms. The molecule has 0 rings (SSSR count). The molecule has 0 fully saturated rings. The van der Waals surface area contributed by atoms with Crippen molar-refractivity contribution in [2.45, 2.75) is 26.1 Å². The zero-order valence-electron chi connectivity index (χ0n) is 9.45. The van der Waals surface area contributed by atoms with Crippen molar-refractivity contribution in [3.63, 3.8) is 0 Å². The molecule has 0 saturated heterocycles. The number of carboxylic acid groups (broad SMARTS) is 1. The summed E-state index contributed by atoms with van der Waals surface area (Å²) >= 11 is 0. The first-order valence-corrected chi connectivity index (χ1v) is 4.79. The van der Waals surface area contributed by atoms with Crippen LogP contribution in [0.15, 0.2) is 0 Å². The van der Waals surface area contributed by atoms with Gasteiger partial charge < -0.3 is 14.7 Å². The lowest BCUT2D eigenvalue weighted by Gasteiger charge is -2.24. The van der Waals surface area contributed by atoms with Crippen molar-refractivity contribution in [2.24, 2.45) is 0 Å². The molecule has 0 bridgehead atoms. The first-order valence-electron chi connectivity index (χ1n) is 4.79. The van der Waals surface area contributed by atoms with Crippen LogP contribution < -0.4 is 0 Å². The van der Waals surface area contributed by atoms with Gasteiger partial charge in [0.25, 0.3) is 0 Å². The maximum Gasteiger partial charge on any atom is 0.411 e. The number of carboxylic acids is 1. The van der Waals surface area contributed by atoms with E-state index in [2.05, 4.69) is 4.74 Å². The quantitative estimate of drug-likeness (QED) is 0.767. The van der Waals surface area contributed by atoms with Gasteiger partial charge in [-0.1, -0.05) is 0 Å². The molecule has 0 aromatic heterocycles. The molecule has 100 valence electrons. The maximum atomic E-state index is 11.7. The molecule has 0 aromatic rings. The lowest BCUT2D eigenvalue weighted by Crippen LogP contribution is -2.43. The van der Waals surface area contributed by atoms with E-state index in [4.69, 9.17) is 5.11 Å². The summed E-state index contributed by atoms with van der Waals surface area (Å²) in [7, 11) is 0. The van der Waals surface area contributed by atoms with Crippen molar-refractivity contribution >= 4 is 11.9 Å². The Bertz CT molecular complexity index is 278. The van der Waals surface area contributed by atoms with Crippen LogP contribution in [0.2, 0.25) is 0 Å². The van der Waals surface area contributed by atoms with Crippen molar-refractivity contribution in [2.75, 3.05) is 19.8 Å². The van der Waals surface area contributed by atoms with E-state index in [1.165, 1.54) is 0 Å². The summed E-state index contributed by atoms with van der Waals surface area (Å²) in [6.07, 6.45) is -4.50. The average molecular weight is 257 g/mol. The Morgan fingerprint density at radius 1 is 1.35 bits per heavy atom. The first-order chi connectivity index (χ1) is 7.63. The molecule has 5 nitrogen and oxygen atoms in total. The fourth-order valence-electron chi connectivity index (χ4n) is 1.04. The van der Waals surface area contributed by atoms with Crippen molar-refractivity contribution < 1.29 is 32.6 Å². The van der Waals surface area contributed by atoms with Crippen LogP contribution >= 0.6 is 0 Å². The molecular formula is C9H14F3NO4. The summed E-state index contributed by atoms with van der Waals surface area (Å²) in [4.78, 5) is 22.7. The van der Waals surface area contributed by atoms with Gasteiger partial charge in [0, 0.05) is 6.04 Å². The molecule has 0 aromatic carbocycles. The van der Waals surface area contributed by atoms with Gasteiger partial charge >= 0.3 is 12.1 Å². The van der Waals surface area contributed by atoms with Crippen LogP contribution in [0, 0.1) is 0 Å². The minimum absolute atomic E-state index is 0.423. The van der Waals surface area contributed by atoms with E-state index in [1.807, 2.05) is 0 Å². The van der Waals surface area contributed by atoms with Crippen molar-refractivity contribution in [1.82, 2.24) is 4.90 Å². The summed E-state index contributed by atoms with van der Waals surface area (Å²) in [5, 5.41) is 8.52. The number of carbonyl (C=O) groups is 2. The van der Waals surface area contributed by atoms with Crippen LogP contribution in [-0.2, 0) is 14.3 Å². The lowest BCUT2D eigenvalue weighted by molar-refractivity contribution is -0.178. The number of amides is 1. The summed E-state index contributed by atoms with van der Waals surface area (Å²) < 4.78 is 39.4. The number of hydrogen-bond acceptors (Lipinski definition) is 3. The van der Waals surface area contributed by atoms with Gasteiger partial charge in [0.15, 0.2) is 0 Å². The second-order valence-corrected chi connectivity index (χ2v) is 3.62. The highest BCUT2D eigenvalue weighted by atomic mass is 19.4. The normalized spacial score (nSPS) is 11.6. The van der Waals surface area contributed by atoms with E-state index in [1.54, 1.807) is 13.8 Å². The topological polar surface area (TPSA) is 66.8 Å². The third kappa shape index (κ3) is 7.56. The molecule has 0 radical (unpaired) electrons. The number of ether oxygens (including phenoxy) is 1. The second-order valence-electron chi connectivity index (χ2n) is 3.62. The Kier molecular flexibility index (Phi) is 5.94. The molecule has 0 saturated carbocycles. The SMILES string of the molecule is CC(C)N(CC(=O)O)C(=O)COCC(F)(F)F. The molecule has 0 aliphatic heterocycles. The van der Waals surface area contributed by atoms with E-state index in [0.29, 0.717) is 0 Å². The summed E-state index contributed by atoms with van der Waals surface area (Å²) in [6, 6.07) is -0.423. The molecule has 0 atom stereocenters. The standard InChI is InChI=1S/C9H14F3NO4/c1-6(2)13(3-8(15)16)7(14)4-17-5-9(10,11)12/h6H,3-5H2,1-2H3,(H,15,16). The number of nitrogens with zero attached hydrogens (tertiary/aromatic N) is 1. The summed E-state index contributed by atoms with van der Waals surface area (Å²) in [5.41, 5.74) is 0. The Balaban J connectivity index is 4.20. The van der Waals surface area contributed by atoms with Gasteiger partial charge in [-0.3, -0.25) is 9.59 Å². The zero-order valence-corrected chi connectivity index (χ0v) is 9.45. The molecule has 1 amide bonds. The predicted molar refractivity (Wildman–Crippen MR) is 51.4 cm³/mol. The van der Waals surface area contributed by atoms with Gasteiger partial charge in [-0.15, -0.1) is 0 Å². The third-order valence-electron chi connectivity index (χ3n) is 1.74. The zero-order chi connectivity index (χ0) is 13.6. The highest BCUT2D eigenvalue weighted by Gasteiger charge is 2.28. The van der Waals surface area contributed by atoms with Crippen molar-refractivity contribution in [3.05, 3.63) is 0 Å². The maximum absolute atomic E-state index is 11.7. The van der Waals surface area contributed by atoms with Gasteiger partial charge in [0.1, 0.15) is 19.8 Å². The molecular weight excluding hydrogens is 243 g/mol. The Morgan fingerprint density at radius 3 is 2.24 bits per heavy atom.